The molecule has 4 nitrogen and oxygen atoms in total. The van der Waals surface area contributed by atoms with E-state index >= 15 is 0 Å². The molecule has 356 valence electrons. The summed E-state index contributed by atoms with van der Waals surface area (Å²) in [6, 6.07) is 19.4. The van der Waals surface area contributed by atoms with Crippen molar-refractivity contribution in [1.82, 2.24) is 19.9 Å². The van der Waals surface area contributed by atoms with Crippen LogP contribution in [0.15, 0.2) is 170 Å². The molecule has 2 radical (unpaired) electrons. The molecule has 1 aliphatic carbocycles. The van der Waals surface area contributed by atoms with Gasteiger partial charge in [0.2, 0.25) is 0 Å². The molecular weight excluding hydrogens is 1220 g/mol. The van der Waals surface area contributed by atoms with Crippen LogP contribution in [0.5, 0.6) is 0 Å². The predicted molar refractivity (Wildman–Crippen MR) is 284 cm³/mol. The molecular formula is C60H66Ir2N4Si2-4. The Kier molecular flexibility index (Phi) is 14.5. The van der Waals surface area contributed by atoms with Crippen LogP contribution in [0.4, 0.5) is 0 Å². The van der Waals surface area contributed by atoms with Gasteiger partial charge in [-0.3, -0.25) is 0 Å². The first kappa shape index (κ1) is 34.5. The Bertz CT molecular complexity index is 3650. The van der Waals surface area contributed by atoms with Crippen LogP contribution < -0.4 is 10.4 Å². The second-order valence-electron chi connectivity index (χ2n) is 17.7. The molecule has 1 aliphatic rings. The minimum Gasteiger partial charge on any atom is -0.305 e. The van der Waals surface area contributed by atoms with Crippen LogP contribution in [0, 0.1) is 30.2 Å². The van der Waals surface area contributed by atoms with Crippen molar-refractivity contribution in [3.05, 3.63) is 205 Å². The van der Waals surface area contributed by atoms with E-state index in [1.165, 1.54) is 59.3 Å². The third-order valence-corrected chi connectivity index (χ3v) is 14.8. The van der Waals surface area contributed by atoms with Crippen molar-refractivity contribution in [2.75, 3.05) is 0 Å². The van der Waals surface area contributed by atoms with Gasteiger partial charge in [0.15, 0.2) is 0 Å². The minimum absolute atomic E-state index is 0. The molecule has 0 saturated heterocycles. The molecule has 68 heavy (non-hydrogen) atoms. The third-order valence-electron chi connectivity index (χ3n) is 10.7. The summed E-state index contributed by atoms with van der Waals surface area (Å²) in [7, 11) is -3.06. The van der Waals surface area contributed by atoms with Crippen LogP contribution in [0.2, 0.25) is 39.3 Å². The van der Waals surface area contributed by atoms with Crippen molar-refractivity contribution in [2.45, 2.75) is 97.6 Å². The fraction of sp³-hybridized carbons (Fsp3) is 0.267. The van der Waals surface area contributed by atoms with Gasteiger partial charge in [0.1, 0.15) is 0 Å². The van der Waals surface area contributed by atoms with Gasteiger partial charge in [0, 0.05) is 75.9 Å². The number of unbranched alkanes of at least 4 members (excludes halogenated alkanes) is 1. The summed E-state index contributed by atoms with van der Waals surface area (Å²) in [6.07, 6.45) is 14.4. The molecule has 0 unspecified atom stereocenters. The van der Waals surface area contributed by atoms with Crippen LogP contribution in [0.3, 0.4) is 0 Å². The summed E-state index contributed by atoms with van der Waals surface area (Å²) in [4.78, 5) is 16.9. The van der Waals surface area contributed by atoms with Crippen LogP contribution in [0.1, 0.15) is 81.2 Å². The van der Waals surface area contributed by atoms with Crippen LogP contribution >= 0.6 is 0 Å². The Hall–Kier alpha value is -4.79. The van der Waals surface area contributed by atoms with E-state index in [0.29, 0.717) is 39.7 Å². The summed E-state index contributed by atoms with van der Waals surface area (Å²) in [5.41, 5.74) is 5.74. The Balaban J connectivity index is 0.000000248. The van der Waals surface area contributed by atoms with Gasteiger partial charge in [-0.1, -0.05) is 126 Å². The maximum absolute atomic E-state index is 8.19. The molecule has 0 spiro atoms. The van der Waals surface area contributed by atoms with E-state index in [1.54, 1.807) is 18.3 Å². The predicted octanol–water partition coefficient (Wildman–Crippen LogP) is 14.4. The van der Waals surface area contributed by atoms with Crippen molar-refractivity contribution >= 4 is 26.5 Å². The van der Waals surface area contributed by atoms with Crippen molar-refractivity contribution in [3.63, 3.8) is 0 Å². The summed E-state index contributed by atoms with van der Waals surface area (Å²) in [5.74, 6) is 0.717. The van der Waals surface area contributed by atoms with Crippen LogP contribution in [-0.2, 0) is 53.1 Å². The maximum Gasteiger partial charge on any atom is 0.0830 e. The van der Waals surface area contributed by atoms with Crippen LogP contribution in [-0.4, -0.2) is 36.1 Å². The molecule has 0 aliphatic heterocycles. The number of pyridine rings is 4. The maximum atomic E-state index is 8.19. The third kappa shape index (κ3) is 17.6. The Morgan fingerprint density at radius 3 is 1.59 bits per heavy atom. The Labute approximate surface area is 463 Å². The van der Waals surface area contributed by atoms with Gasteiger partial charge in [0.25, 0.3) is 0 Å². The number of hydrogen-bond donors (Lipinski definition) is 0. The molecule has 1 saturated carbocycles. The molecule has 4 heterocycles. The number of hydrogen-bond acceptors (Lipinski definition) is 4. The van der Waals surface area contributed by atoms with Gasteiger partial charge in [-0.05, 0) is 78.7 Å². The summed E-state index contributed by atoms with van der Waals surface area (Å²) in [5, 5.41) is 2.68. The zero-order valence-electron chi connectivity index (χ0n) is 57.5. The largest absolute Gasteiger partial charge is 0.305 e. The van der Waals surface area contributed by atoms with E-state index in [2.05, 4.69) is 96.5 Å². The normalized spacial score (nSPS) is 15.8. The molecule has 9 rings (SSSR count). The molecule has 8 heteroatoms. The van der Waals surface area contributed by atoms with Crippen molar-refractivity contribution < 1.29 is 64.9 Å². The zero-order chi connectivity index (χ0) is 62.3. The van der Waals surface area contributed by atoms with E-state index in [4.69, 9.17) is 24.7 Å². The summed E-state index contributed by atoms with van der Waals surface area (Å²) >= 11 is 0. The quantitative estimate of drug-likeness (QED) is 0.0957. The van der Waals surface area contributed by atoms with E-state index in [9.17, 15) is 0 Å². The SMILES string of the molecule is [2H]c1[c-]c(-c2cc(CC3CCCC3)c([Si](C)(C)C)cn2)c([2H])c([2H])c1[2H].[2H]c1[c-]c(-c2cc(CCCC)c([Si](C)(C)C)cn2)c([2H])c([2H])c1[2H].[2H]c1[c-]c(-c2ccccn2)cc([2H])c1[2H].[2H]c1[c-]c(-c2nc([2H])c([2H])c([2H])c2[2H])cc([2H])c1[2H].[Ir].[Ir]. The molecule has 8 aromatic rings. The molecule has 4 aromatic heterocycles. The first-order chi connectivity index (χ1) is 39.3. The number of aryl methyl sites for hydroxylation is 1. The van der Waals surface area contributed by atoms with Gasteiger partial charge >= 0.3 is 0 Å². The molecule has 0 atom stereocenters. The van der Waals surface area contributed by atoms with Gasteiger partial charge < -0.3 is 19.9 Å². The minimum atomic E-state index is -1.54. The van der Waals surface area contributed by atoms with Gasteiger partial charge in [-0.15, -0.1) is 143 Å². The standard InChI is InChI=1S/C20H26NSi.C18H24NSi.2C11H8N.2Ir/c1-22(2,3)20-15-21-19(17-11-5-4-6-12-17)14-18(20)13-16-9-7-8-10-16;1-5-6-10-16-13-17(15-11-8-7-9-12-15)19-14-18(16)20(2,3)4;2*1-2-6-10(7-3-1)11-8-4-5-9-12-11;;/h4-6,11,14-16H,7-10,13H2,1-3H3;7-9,11,13-14H,5-6,10H2,1-4H3;2*1-6,8-9H;;/q4*-1;;/i4D,5D,6D,11D;7D,8D,9D,11D;1D,2D,3D,4D,5D,8D,9D;1D,2D,3D;;. The van der Waals surface area contributed by atoms with E-state index in [0.717, 1.165) is 25.7 Å². The van der Waals surface area contributed by atoms with E-state index in [-0.39, 0.29) is 142 Å². The molecule has 1 fully saturated rings. The Morgan fingerprint density at radius 1 is 0.544 bits per heavy atom. The second kappa shape index (κ2) is 28.6. The smallest absolute Gasteiger partial charge is 0.0830 e. The summed E-state index contributed by atoms with van der Waals surface area (Å²) < 4.78 is 138. The molecule has 4 aromatic carbocycles. The number of aromatic nitrogens is 4. The molecule has 0 N–H and O–H groups in total. The first-order valence-electron chi connectivity index (χ1n) is 31.2. The van der Waals surface area contributed by atoms with Crippen LogP contribution in [0.25, 0.3) is 45.0 Å². The average molecular weight is 1300 g/mol. The number of nitrogens with zero attached hydrogens (tertiary/aromatic N) is 4. The van der Waals surface area contributed by atoms with Crippen molar-refractivity contribution in [2.24, 2.45) is 5.92 Å². The fourth-order valence-corrected chi connectivity index (χ4v) is 10.5. The average Bonchev–Trinajstić information content (AvgIpc) is 2.02. The van der Waals surface area contributed by atoms with E-state index < -0.39 is 34.4 Å². The fourth-order valence-electron chi connectivity index (χ4n) is 7.35. The first-order valence-corrected chi connectivity index (χ1v) is 29.2. The van der Waals surface area contributed by atoms with Gasteiger partial charge in [-0.2, -0.15) is 0 Å². The second-order valence-corrected chi connectivity index (χ2v) is 27.8. The van der Waals surface area contributed by atoms with Crippen molar-refractivity contribution in [1.29, 1.82) is 0 Å². The molecule has 0 bridgehead atoms. The molecule has 0 amide bonds. The monoisotopic (exact) mass is 1300 g/mol. The number of rotatable bonds is 11. The van der Waals surface area contributed by atoms with E-state index in [1.807, 2.05) is 24.5 Å². The van der Waals surface area contributed by atoms with Gasteiger partial charge in [0.05, 0.1) is 21.6 Å². The number of benzene rings is 4. The van der Waals surface area contributed by atoms with Gasteiger partial charge in [-0.25, -0.2) is 0 Å². The topological polar surface area (TPSA) is 51.6 Å². The van der Waals surface area contributed by atoms with Crippen molar-refractivity contribution in [3.8, 4) is 45.0 Å². The zero-order valence-corrected chi connectivity index (χ0v) is 46.3. The Morgan fingerprint density at radius 2 is 1.06 bits per heavy atom. The summed E-state index contributed by atoms with van der Waals surface area (Å²) in [6.45, 7) is 16.0.